The molecule has 1 saturated heterocycles. The van der Waals surface area contributed by atoms with Gasteiger partial charge in [-0.2, -0.15) is 0 Å². The van der Waals surface area contributed by atoms with Crippen LogP contribution in [0.3, 0.4) is 0 Å². The molecule has 1 fully saturated rings. The third kappa shape index (κ3) is 2.52. The lowest BCUT2D eigenvalue weighted by atomic mass is 10.1. The maximum Gasteiger partial charge on any atom is 0.258 e. The highest BCUT2D eigenvalue weighted by Crippen LogP contribution is 2.16. The number of nitrogens with two attached hydrogens (primary N) is 1. The van der Waals surface area contributed by atoms with Gasteiger partial charge in [-0.15, -0.1) is 0 Å². The Morgan fingerprint density at radius 1 is 1.42 bits per heavy atom. The van der Waals surface area contributed by atoms with Gasteiger partial charge in [-0.05, 0) is 37.6 Å². The summed E-state index contributed by atoms with van der Waals surface area (Å²) in [5.41, 5.74) is 6.39. The molecule has 2 aromatic rings. The van der Waals surface area contributed by atoms with E-state index in [1.165, 1.54) is 0 Å². The molecular weight excluding hydrogens is 240 g/mol. The first-order valence-corrected chi connectivity index (χ1v) is 6.66. The Bertz CT molecular complexity index is 637. The molecule has 0 spiro atoms. The molecule has 0 amide bonds. The van der Waals surface area contributed by atoms with Crippen LogP contribution >= 0.6 is 0 Å². The van der Waals surface area contributed by atoms with Crippen molar-refractivity contribution >= 4 is 10.9 Å². The maximum absolute atomic E-state index is 12.0. The van der Waals surface area contributed by atoms with Crippen LogP contribution in [0.2, 0.25) is 0 Å². The minimum Gasteiger partial charge on any atom is -0.330 e. The van der Waals surface area contributed by atoms with Gasteiger partial charge in [-0.3, -0.25) is 9.69 Å². The van der Waals surface area contributed by atoms with E-state index in [1.54, 1.807) is 6.07 Å². The molecule has 2 heterocycles. The zero-order chi connectivity index (χ0) is 13.2. The van der Waals surface area contributed by atoms with Gasteiger partial charge in [0.2, 0.25) is 0 Å². The van der Waals surface area contributed by atoms with Gasteiger partial charge >= 0.3 is 0 Å². The lowest BCUT2D eigenvalue weighted by Crippen LogP contribution is -2.25. The van der Waals surface area contributed by atoms with Crippen molar-refractivity contribution in [2.75, 3.05) is 19.6 Å². The number of hydrogen-bond acceptors (Lipinski definition) is 4. The Morgan fingerprint density at radius 2 is 2.26 bits per heavy atom. The summed E-state index contributed by atoms with van der Waals surface area (Å²) < 4.78 is 0. The van der Waals surface area contributed by atoms with Crippen molar-refractivity contribution in [3.05, 3.63) is 40.4 Å². The molecule has 100 valence electrons. The Balaban J connectivity index is 1.84. The zero-order valence-electron chi connectivity index (χ0n) is 10.8. The van der Waals surface area contributed by atoms with Crippen LogP contribution in [0.25, 0.3) is 10.9 Å². The van der Waals surface area contributed by atoms with Crippen molar-refractivity contribution in [1.82, 2.24) is 14.9 Å². The summed E-state index contributed by atoms with van der Waals surface area (Å²) in [6.45, 7) is 3.44. The number of benzene rings is 1. The first kappa shape index (κ1) is 12.3. The van der Waals surface area contributed by atoms with Crippen LogP contribution in [0.1, 0.15) is 12.2 Å². The van der Waals surface area contributed by atoms with Crippen LogP contribution in [0, 0.1) is 5.92 Å². The quantitative estimate of drug-likeness (QED) is 0.850. The molecule has 5 heteroatoms. The number of aromatic nitrogens is 2. The van der Waals surface area contributed by atoms with Gasteiger partial charge in [0, 0.05) is 6.54 Å². The van der Waals surface area contributed by atoms with Crippen LogP contribution in [0.15, 0.2) is 29.1 Å². The summed E-state index contributed by atoms with van der Waals surface area (Å²) in [7, 11) is 0. The fourth-order valence-corrected chi connectivity index (χ4v) is 2.67. The van der Waals surface area contributed by atoms with Crippen molar-refractivity contribution in [2.45, 2.75) is 13.0 Å². The zero-order valence-corrected chi connectivity index (χ0v) is 10.8. The highest BCUT2D eigenvalue weighted by Gasteiger charge is 2.21. The van der Waals surface area contributed by atoms with Gasteiger partial charge < -0.3 is 10.7 Å². The summed E-state index contributed by atoms with van der Waals surface area (Å²) in [5.74, 6) is 1.31. The molecular formula is C14H18N4O. The van der Waals surface area contributed by atoms with E-state index in [2.05, 4.69) is 14.9 Å². The third-order valence-corrected chi connectivity index (χ3v) is 3.74. The Morgan fingerprint density at radius 3 is 3.05 bits per heavy atom. The molecule has 1 aliphatic rings. The molecule has 1 unspecified atom stereocenters. The van der Waals surface area contributed by atoms with E-state index in [9.17, 15) is 4.79 Å². The summed E-state index contributed by atoms with van der Waals surface area (Å²) in [5, 5.41) is 0.646. The molecule has 1 aromatic carbocycles. The number of likely N-dealkylation sites (tertiary alicyclic amines) is 1. The number of fused-ring (bicyclic) bond motifs is 1. The van der Waals surface area contributed by atoms with E-state index in [4.69, 9.17) is 5.73 Å². The molecule has 0 radical (unpaired) electrons. The topological polar surface area (TPSA) is 75.0 Å². The lowest BCUT2D eigenvalue weighted by molar-refractivity contribution is 0.310. The van der Waals surface area contributed by atoms with Crippen molar-refractivity contribution in [1.29, 1.82) is 0 Å². The standard InChI is InChI=1S/C14H18N4O/c15-7-10-5-6-18(8-10)9-13-16-12-4-2-1-3-11(12)14(19)17-13/h1-4,10H,5-9,15H2,(H,16,17,19). The van der Waals surface area contributed by atoms with Crippen molar-refractivity contribution in [3.8, 4) is 0 Å². The monoisotopic (exact) mass is 258 g/mol. The smallest absolute Gasteiger partial charge is 0.258 e. The number of aromatic amines is 1. The lowest BCUT2D eigenvalue weighted by Gasteiger charge is -2.14. The van der Waals surface area contributed by atoms with Gasteiger partial charge in [0.15, 0.2) is 0 Å². The van der Waals surface area contributed by atoms with Crippen molar-refractivity contribution in [3.63, 3.8) is 0 Å². The van der Waals surface area contributed by atoms with Gasteiger partial charge in [0.25, 0.3) is 5.56 Å². The number of para-hydroxylation sites is 1. The van der Waals surface area contributed by atoms with E-state index < -0.39 is 0 Å². The Hall–Kier alpha value is -1.72. The van der Waals surface area contributed by atoms with Gasteiger partial charge in [0.05, 0.1) is 17.4 Å². The molecule has 5 nitrogen and oxygen atoms in total. The molecule has 0 aliphatic carbocycles. The number of H-pyrrole nitrogens is 1. The second-order valence-electron chi connectivity index (χ2n) is 5.16. The van der Waals surface area contributed by atoms with Crippen LogP contribution in [-0.4, -0.2) is 34.5 Å². The van der Waals surface area contributed by atoms with Crippen LogP contribution in [-0.2, 0) is 6.54 Å². The first-order chi connectivity index (χ1) is 9.26. The Labute approximate surface area is 111 Å². The molecule has 1 atom stereocenters. The van der Waals surface area contributed by atoms with E-state index in [0.717, 1.165) is 37.4 Å². The number of rotatable bonds is 3. The van der Waals surface area contributed by atoms with E-state index >= 15 is 0 Å². The highest BCUT2D eigenvalue weighted by atomic mass is 16.1. The fourth-order valence-electron chi connectivity index (χ4n) is 2.67. The second kappa shape index (κ2) is 5.11. The molecule has 0 saturated carbocycles. The van der Waals surface area contributed by atoms with E-state index in [0.29, 0.717) is 17.8 Å². The normalized spacial score (nSPS) is 20.2. The predicted molar refractivity (Wildman–Crippen MR) is 74.8 cm³/mol. The fraction of sp³-hybridized carbons (Fsp3) is 0.429. The maximum atomic E-state index is 12.0. The molecule has 3 N–H and O–H groups in total. The van der Waals surface area contributed by atoms with Crippen molar-refractivity contribution in [2.24, 2.45) is 11.7 Å². The minimum atomic E-state index is -0.0600. The average molecular weight is 258 g/mol. The van der Waals surface area contributed by atoms with Crippen LogP contribution < -0.4 is 11.3 Å². The number of nitrogens with zero attached hydrogens (tertiary/aromatic N) is 2. The molecule has 0 bridgehead atoms. The van der Waals surface area contributed by atoms with Crippen molar-refractivity contribution < 1.29 is 0 Å². The largest absolute Gasteiger partial charge is 0.330 e. The Kier molecular flexibility index (Phi) is 3.31. The van der Waals surface area contributed by atoms with Gasteiger partial charge in [-0.1, -0.05) is 12.1 Å². The van der Waals surface area contributed by atoms with Crippen LogP contribution in [0.5, 0.6) is 0 Å². The summed E-state index contributed by atoms with van der Waals surface area (Å²) in [6, 6.07) is 7.43. The molecule has 19 heavy (non-hydrogen) atoms. The average Bonchev–Trinajstić information content (AvgIpc) is 2.86. The molecule has 1 aliphatic heterocycles. The van der Waals surface area contributed by atoms with Gasteiger partial charge in [-0.25, -0.2) is 4.98 Å². The summed E-state index contributed by atoms with van der Waals surface area (Å²) in [4.78, 5) is 21.6. The molecule has 1 aromatic heterocycles. The minimum absolute atomic E-state index is 0.0600. The number of nitrogens with one attached hydrogen (secondary N) is 1. The van der Waals surface area contributed by atoms with Crippen LogP contribution in [0.4, 0.5) is 0 Å². The highest BCUT2D eigenvalue weighted by molar-refractivity contribution is 5.77. The van der Waals surface area contributed by atoms with Gasteiger partial charge in [0.1, 0.15) is 5.82 Å². The molecule has 3 rings (SSSR count). The second-order valence-corrected chi connectivity index (χ2v) is 5.16. The van der Waals surface area contributed by atoms with E-state index in [1.807, 2.05) is 18.2 Å². The predicted octanol–water partition coefficient (Wildman–Crippen LogP) is 0.704. The number of hydrogen-bond donors (Lipinski definition) is 2. The first-order valence-electron chi connectivity index (χ1n) is 6.66. The third-order valence-electron chi connectivity index (χ3n) is 3.74. The summed E-state index contributed by atoms with van der Waals surface area (Å²) in [6.07, 6.45) is 1.13. The SMILES string of the molecule is NCC1CCN(Cc2nc3ccccc3c(=O)[nH]2)C1. The summed E-state index contributed by atoms with van der Waals surface area (Å²) >= 11 is 0. The van der Waals surface area contributed by atoms with E-state index in [-0.39, 0.29) is 5.56 Å².